The van der Waals surface area contributed by atoms with Gasteiger partial charge in [-0.1, -0.05) is 47.1 Å². The third-order valence-corrected chi connectivity index (χ3v) is 3.07. The van der Waals surface area contributed by atoms with Crippen molar-refractivity contribution in [1.29, 1.82) is 0 Å². The van der Waals surface area contributed by atoms with Gasteiger partial charge in [0.25, 0.3) is 5.69 Å². The van der Waals surface area contributed by atoms with Gasteiger partial charge in [0.15, 0.2) is 5.84 Å². The predicted octanol–water partition coefficient (Wildman–Crippen LogP) is 2.31. The Morgan fingerprint density at radius 2 is 1.96 bits per heavy atom. The van der Waals surface area contributed by atoms with E-state index in [9.17, 15) is 14.9 Å². The third-order valence-electron chi connectivity index (χ3n) is 3.07. The number of benzene rings is 2. The van der Waals surface area contributed by atoms with Crippen molar-refractivity contribution in [2.45, 2.75) is 13.3 Å². The highest BCUT2D eigenvalue weighted by Crippen LogP contribution is 2.13. The Morgan fingerprint density at radius 3 is 2.61 bits per heavy atom. The molecule has 2 aromatic carbocycles. The zero-order chi connectivity index (χ0) is 16.8. The van der Waals surface area contributed by atoms with E-state index in [1.165, 1.54) is 18.2 Å². The fourth-order valence-corrected chi connectivity index (χ4v) is 1.84. The molecule has 0 spiro atoms. The van der Waals surface area contributed by atoms with E-state index in [0.717, 1.165) is 11.1 Å². The van der Waals surface area contributed by atoms with Crippen molar-refractivity contribution in [2.75, 3.05) is 0 Å². The standard InChI is InChI=1S/C16H15N3O4/c1-11-5-7-12(8-6-11)9-15(20)23-18-16(17)13-3-2-4-14(10-13)19(21)22/h2-8,10H,9H2,1H3,(H2,17,18). The number of nitrogens with two attached hydrogens (primary N) is 1. The first-order valence-corrected chi connectivity index (χ1v) is 6.79. The van der Waals surface area contributed by atoms with E-state index in [2.05, 4.69) is 5.16 Å². The van der Waals surface area contributed by atoms with E-state index in [1.54, 1.807) is 6.07 Å². The average Bonchev–Trinajstić information content (AvgIpc) is 2.55. The molecule has 7 heteroatoms. The molecule has 0 radical (unpaired) electrons. The molecule has 0 unspecified atom stereocenters. The van der Waals surface area contributed by atoms with E-state index in [1.807, 2.05) is 31.2 Å². The van der Waals surface area contributed by atoms with Crippen molar-refractivity contribution in [1.82, 2.24) is 0 Å². The van der Waals surface area contributed by atoms with Gasteiger partial charge in [-0.3, -0.25) is 10.1 Å². The summed E-state index contributed by atoms with van der Waals surface area (Å²) < 4.78 is 0. The minimum atomic E-state index is -0.567. The number of oxime groups is 1. The molecule has 0 saturated carbocycles. The zero-order valence-corrected chi connectivity index (χ0v) is 12.4. The fraction of sp³-hybridized carbons (Fsp3) is 0.125. The number of hydrogen-bond acceptors (Lipinski definition) is 5. The zero-order valence-electron chi connectivity index (χ0n) is 12.4. The predicted molar refractivity (Wildman–Crippen MR) is 84.8 cm³/mol. The molecule has 2 aromatic rings. The second-order valence-corrected chi connectivity index (χ2v) is 4.91. The molecule has 0 bridgehead atoms. The summed E-state index contributed by atoms with van der Waals surface area (Å²) in [6, 6.07) is 13.0. The highest BCUT2D eigenvalue weighted by molar-refractivity contribution is 5.98. The summed E-state index contributed by atoms with van der Waals surface area (Å²) in [6.45, 7) is 1.95. The van der Waals surface area contributed by atoms with Gasteiger partial charge in [-0.15, -0.1) is 0 Å². The highest BCUT2D eigenvalue weighted by Gasteiger charge is 2.10. The lowest BCUT2D eigenvalue weighted by Gasteiger charge is -2.02. The van der Waals surface area contributed by atoms with Crippen molar-refractivity contribution in [2.24, 2.45) is 10.9 Å². The fourth-order valence-electron chi connectivity index (χ4n) is 1.84. The number of nitro groups is 1. The average molecular weight is 313 g/mol. The maximum atomic E-state index is 11.7. The summed E-state index contributed by atoms with van der Waals surface area (Å²) in [6.07, 6.45) is 0.0615. The van der Waals surface area contributed by atoms with E-state index >= 15 is 0 Å². The Morgan fingerprint density at radius 1 is 1.26 bits per heavy atom. The number of carbonyl (C=O) groups is 1. The van der Waals surface area contributed by atoms with Crippen LogP contribution in [-0.2, 0) is 16.1 Å². The molecule has 0 amide bonds. The van der Waals surface area contributed by atoms with Crippen LogP contribution < -0.4 is 5.73 Å². The van der Waals surface area contributed by atoms with Crippen molar-refractivity contribution in [3.8, 4) is 0 Å². The molecule has 0 heterocycles. The van der Waals surface area contributed by atoms with Gasteiger partial charge in [0, 0.05) is 17.7 Å². The van der Waals surface area contributed by atoms with Crippen LogP contribution in [0.3, 0.4) is 0 Å². The van der Waals surface area contributed by atoms with Crippen LogP contribution in [0.15, 0.2) is 53.7 Å². The molecule has 0 saturated heterocycles. The SMILES string of the molecule is Cc1ccc(CC(=O)O/N=C(/N)c2cccc([N+](=O)[O-])c2)cc1. The van der Waals surface area contributed by atoms with Crippen LogP contribution >= 0.6 is 0 Å². The normalized spacial score (nSPS) is 11.1. The number of nitrogens with zero attached hydrogens (tertiary/aromatic N) is 2. The third kappa shape index (κ3) is 4.63. The second kappa shape index (κ2) is 7.17. The van der Waals surface area contributed by atoms with Gasteiger partial charge >= 0.3 is 5.97 Å². The van der Waals surface area contributed by atoms with Gasteiger partial charge < -0.3 is 10.6 Å². The van der Waals surface area contributed by atoms with E-state index in [0.29, 0.717) is 5.56 Å². The lowest BCUT2D eigenvalue weighted by Crippen LogP contribution is -2.16. The minimum Gasteiger partial charge on any atom is -0.380 e. The number of hydrogen-bond donors (Lipinski definition) is 1. The van der Waals surface area contributed by atoms with Gasteiger partial charge in [-0.05, 0) is 12.5 Å². The van der Waals surface area contributed by atoms with Crippen LogP contribution in [0.25, 0.3) is 0 Å². The topological polar surface area (TPSA) is 108 Å². The summed E-state index contributed by atoms with van der Waals surface area (Å²) >= 11 is 0. The highest BCUT2D eigenvalue weighted by atomic mass is 16.7. The number of aryl methyl sites for hydroxylation is 1. The van der Waals surface area contributed by atoms with E-state index < -0.39 is 10.9 Å². The first kappa shape index (κ1) is 16.2. The summed E-state index contributed by atoms with van der Waals surface area (Å²) in [7, 11) is 0. The summed E-state index contributed by atoms with van der Waals surface area (Å²) in [4.78, 5) is 26.6. The quantitative estimate of drug-likeness (QED) is 0.299. The molecule has 0 aliphatic heterocycles. The number of non-ortho nitro benzene ring substituents is 1. The molecule has 2 N–H and O–H groups in total. The van der Waals surface area contributed by atoms with Crippen molar-refractivity contribution < 1.29 is 14.6 Å². The maximum absolute atomic E-state index is 11.7. The van der Waals surface area contributed by atoms with Crippen LogP contribution in [-0.4, -0.2) is 16.7 Å². The van der Waals surface area contributed by atoms with E-state index in [-0.39, 0.29) is 17.9 Å². The minimum absolute atomic E-state index is 0.0615. The van der Waals surface area contributed by atoms with Crippen molar-refractivity contribution in [3.05, 3.63) is 75.3 Å². The van der Waals surface area contributed by atoms with Crippen LogP contribution in [0.1, 0.15) is 16.7 Å². The van der Waals surface area contributed by atoms with Crippen LogP contribution in [0.5, 0.6) is 0 Å². The van der Waals surface area contributed by atoms with Gasteiger partial charge in [0.2, 0.25) is 0 Å². The molecule has 118 valence electrons. The molecular weight excluding hydrogens is 298 g/mol. The number of carbonyl (C=O) groups excluding carboxylic acids is 1. The number of rotatable bonds is 5. The Hall–Kier alpha value is -3.22. The molecule has 7 nitrogen and oxygen atoms in total. The van der Waals surface area contributed by atoms with Gasteiger partial charge in [0.05, 0.1) is 11.3 Å². The smallest absolute Gasteiger partial charge is 0.339 e. The summed E-state index contributed by atoms with van der Waals surface area (Å²) in [5.74, 6) is -0.673. The molecule has 2 rings (SSSR count). The molecule has 0 fully saturated rings. The molecule has 0 aliphatic rings. The Balaban J connectivity index is 2.01. The Bertz CT molecular complexity index is 754. The Kier molecular flexibility index (Phi) is 5.03. The van der Waals surface area contributed by atoms with Gasteiger partial charge in [-0.25, -0.2) is 4.79 Å². The molecule has 0 atom stereocenters. The van der Waals surface area contributed by atoms with E-state index in [4.69, 9.17) is 10.6 Å². The Labute approximate surface area is 132 Å². The van der Waals surface area contributed by atoms with Gasteiger partial charge in [-0.2, -0.15) is 0 Å². The largest absolute Gasteiger partial charge is 0.380 e. The molecule has 0 aromatic heterocycles. The summed E-state index contributed by atoms with van der Waals surface area (Å²) in [5, 5.41) is 14.2. The molecule has 0 aliphatic carbocycles. The van der Waals surface area contributed by atoms with Gasteiger partial charge in [0.1, 0.15) is 0 Å². The van der Waals surface area contributed by atoms with Crippen molar-refractivity contribution >= 4 is 17.5 Å². The first-order chi connectivity index (χ1) is 11.0. The van der Waals surface area contributed by atoms with Crippen LogP contribution in [0.2, 0.25) is 0 Å². The lowest BCUT2D eigenvalue weighted by molar-refractivity contribution is -0.384. The monoisotopic (exact) mass is 313 g/mol. The molecular formula is C16H15N3O4. The van der Waals surface area contributed by atoms with Crippen molar-refractivity contribution in [3.63, 3.8) is 0 Å². The number of amidine groups is 1. The first-order valence-electron chi connectivity index (χ1n) is 6.79. The van der Waals surface area contributed by atoms with Crippen LogP contribution in [0.4, 0.5) is 5.69 Å². The molecule has 23 heavy (non-hydrogen) atoms. The lowest BCUT2D eigenvalue weighted by atomic mass is 10.1. The van der Waals surface area contributed by atoms with Crippen LogP contribution in [0, 0.1) is 17.0 Å². The second-order valence-electron chi connectivity index (χ2n) is 4.91. The maximum Gasteiger partial charge on any atom is 0.339 e. The summed E-state index contributed by atoms with van der Waals surface area (Å²) in [5.41, 5.74) is 7.75. The number of nitro benzene ring substituents is 1.